The van der Waals surface area contributed by atoms with Crippen LogP contribution in [0.15, 0.2) is 4.79 Å². The topological polar surface area (TPSA) is 66.1 Å². The highest BCUT2D eigenvalue weighted by molar-refractivity contribution is 7.98. The number of aromatic amines is 1. The Balaban J connectivity index is 1.60. The average Bonchev–Trinajstić information content (AvgIpc) is 3.13. The number of carbonyl (C=O) groups excluding carboxylic acids is 1. The predicted molar refractivity (Wildman–Crippen MR) is 101 cm³/mol. The second kappa shape index (κ2) is 7.70. The number of hydrogen-bond acceptors (Lipinski definition) is 5. The fraction of sp³-hybridized carbons (Fsp3) is 0.588. The van der Waals surface area contributed by atoms with Crippen molar-refractivity contribution in [1.82, 2.24) is 14.9 Å². The van der Waals surface area contributed by atoms with Gasteiger partial charge in [-0.15, -0.1) is 11.3 Å². The fourth-order valence-electron chi connectivity index (χ4n) is 3.18. The largest absolute Gasteiger partial charge is 0.343 e. The summed E-state index contributed by atoms with van der Waals surface area (Å²) in [5, 5.41) is 0.804. The Kier molecular flexibility index (Phi) is 5.61. The minimum absolute atomic E-state index is 0.00535. The van der Waals surface area contributed by atoms with Crippen LogP contribution in [0.1, 0.15) is 43.0 Å². The molecule has 2 aromatic heterocycles. The van der Waals surface area contributed by atoms with Gasteiger partial charge in [0, 0.05) is 30.1 Å². The molecule has 0 aliphatic heterocycles. The summed E-state index contributed by atoms with van der Waals surface area (Å²) in [5.74, 6) is 2.30. The number of nitrogens with zero attached hydrogens (tertiary/aromatic N) is 2. The van der Waals surface area contributed by atoms with Gasteiger partial charge in [-0.3, -0.25) is 9.59 Å². The van der Waals surface area contributed by atoms with Crippen molar-refractivity contribution in [2.45, 2.75) is 45.3 Å². The molecule has 3 rings (SSSR count). The van der Waals surface area contributed by atoms with Gasteiger partial charge in [0.1, 0.15) is 10.7 Å². The first-order valence-electron chi connectivity index (χ1n) is 8.53. The Labute approximate surface area is 149 Å². The molecule has 0 radical (unpaired) electrons. The van der Waals surface area contributed by atoms with E-state index in [1.807, 2.05) is 18.7 Å². The number of thiophene rings is 1. The molecule has 0 saturated carbocycles. The third kappa shape index (κ3) is 3.52. The third-order valence-electron chi connectivity index (χ3n) is 4.44. The van der Waals surface area contributed by atoms with Crippen LogP contribution in [0.2, 0.25) is 0 Å². The van der Waals surface area contributed by atoms with E-state index in [4.69, 9.17) is 0 Å². The number of H-pyrrole nitrogens is 1. The van der Waals surface area contributed by atoms with Crippen LogP contribution in [0, 0.1) is 0 Å². The van der Waals surface area contributed by atoms with Crippen molar-refractivity contribution in [2.75, 3.05) is 18.8 Å². The monoisotopic (exact) mass is 365 g/mol. The number of rotatable bonds is 7. The van der Waals surface area contributed by atoms with Gasteiger partial charge >= 0.3 is 0 Å². The van der Waals surface area contributed by atoms with E-state index < -0.39 is 0 Å². The molecule has 24 heavy (non-hydrogen) atoms. The molecular weight excluding hydrogens is 342 g/mol. The standard InChI is InChI=1S/C17H23N3O2S2/c1-3-20(4-2)14(21)8-9-23-10-13-18-16(22)15-11-6-5-7-12(11)24-17(15)19-13/h3-10H2,1-2H3,(H,18,19,22). The molecule has 0 unspecified atom stereocenters. The van der Waals surface area contributed by atoms with E-state index in [0.29, 0.717) is 18.0 Å². The van der Waals surface area contributed by atoms with Gasteiger partial charge in [-0.05, 0) is 38.7 Å². The molecule has 0 bridgehead atoms. The lowest BCUT2D eigenvalue weighted by atomic mass is 10.2. The van der Waals surface area contributed by atoms with Crippen LogP contribution in [0.5, 0.6) is 0 Å². The third-order valence-corrected chi connectivity index (χ3v) is 6.60. The molecule has 2 heterocycles. The van der Waals surface area contributed by atoms with E-state index in [1.54, 1.807) is 23.1 Å². The highest BCUT2D eigenvalue weighted by Gasteiger charge is 2.21. The Morgan fingerprint density at radius 3 is 2.88 bits per heavy atom. The van der Waals surface area contributed by atoms with E-state index >= 15 is 0 Å². The molecular formula is C17H23N3O2S2. The number of carbonyl (C=O) groups is 1. The van der Waals surface area contributed by atoms with Gasteiger partial charge in [0.05, 0.1) is 11.1 Å². The number of nitrogens with one attached hydrogen (secondary N) is 1. The molecule has 1 N–H and O–H groups in total. The summed E-state index contributed by atoms with van der Waals surface area (Å²) in [7, 11) is 0. The number of thioether (sulfide) groups is 1. The Bertz CT molecular complexity index is 793. The van der Waals surface area contributed by atoms with Crippen LogP contribution in [0.4, 0.5) is 0 Å². The number of aromatic nitrogens is 2. The van der Waals surface area contributed by atoms with Crippen molar-refractivity contribution in [3.63, 3.8) is 0 Å². The molecule has 1 aliphatic rings. The van der Waals surface area contributed by atoms with Crippen LogP contribution in [-0.4, -0.2) is 39.6 Å². The molecule has 5 nitrogen and oxygen atoms in total. The molecule has 130 valence electrons. The van der Waals surface area contributed by atoms with Gasteiger partial charge in [0.2, 0.25) is 5.91 Å². The van der Waals surface area contributed by atoms with Crippen LogP contribution in [0.25, 0.3) is 10.2 Å². The van der Waals surface area contributed by atoms with Crippen molar-refractivity contribution >= 4 is 39.2 Å². The van der Waals surface area contributed by atoms with Gasteiger partial charge in [0.25, 0.3) is 5.56 Å². The Morgan fingerprint density at radius 1 is 1.33 bits per heavy atom. The van der Waals surface area contributed by atoms with Gasteiger partial charge in [-0.2, -0.15) is 11.8 Å². The summed E-state index contributed by atoms with van der Waals surface area (Å²) in [4.78, 5) is 35.9. The molecule has 0 fully saturated rings. The average molecular weight is 366 g/mol. The summed E-state index contributed by atoms with van der Waals surface area (Å²) in [6.45, 7) is 5.51. The van der Waals surface area contributed by atoms with Crippen LogP contribution in [0.3, 0.4) is 0 Å². The molecule has 0 aromatic carbocycles. The molecule has 7 heteroatoms. The minimum atomic E-state index is -0.00535. The van der Waals surface area contributed by atoms with Crippen LogP contribution in [-0.2, 0) is 23.4 Å². The maximum Gasteiger partial charge on any atom is 0.259 e. The molecule has 1 amide bonds. The summed E-state index contributed by atoms with van der Waals surface area (Å²) >= 11 is 3.31. The van der Waals surface area contributed by atoms with E-state index in [1.165, 1.54) is 10.4 Å². The first-order valence-corrected chi connectivity index (χ1v) is 10.5. The zero-order valence-electron chi connectivity index (χ0n) is 14.2. The van der Waals surface area contributed by atoms with Crippen LogP contribution >= 0.6 is 23.1 Å². The lowest BCUT2D eigenvalue weighted by molar-refractivity contribution is -0.130. The quantitative estimate of drug-likeness (QED) is 0.766. The number of aryl methyl sites for hydroxylation is 2. The maximum absolute atomic E-state index is 12.4. The van der Waals surface area contributed by atoms with E-state index in [2.05, 4.69) is 9.97 Å². The summed E-state index contributed by atoms with van der Waals surface area (Å²) in [6, 6.07) is 0. The second-order valence-corrected chi connectivity index (χ2v) is 8.11. The smallest absolute Gasteiger partial charge is 0.259 e. The van der Waals surface area contributed by atoms with E-state index in [0.717, 1.165) is 48.3 Å². The molecule has 1 aliphatic carbocycles. The number of fused-ring (bicyclic) bond motifs is 3. The van der Waals surface area contributed by atoms with Crippen molar-refractivity contribution < 1.29 is 4.79 Å². The van der Waals surface area contributed by atoms with Crippen LogP contribution < -0.4 is 5.56 Å². The fourth-order valence-corrected chi connectivity index (χ4v) is 5.25. The SMILES string of the molecule is CCN(CC)C(=O)CCSCc1nc2sc3c(c2c(=O)[nH]1)CCC3. The van der Waals surface area contributed by atoms with Gasteiger partial charge in [-0.1, -0.05) is 0 Å². The lowest BCUT2D eigenvalue weighted by Crippen LogP contribution is -2.30. The Morgan fingerprint density at radius 2 is 2.12 bits per heavy atom. The zero-order chi connectivity index (χ0) is 17.1. The van der Waals surface area contributed by atoms with Crippen molar-refractivity contribution in [2.24, 2.45) is 0 Å². The van der Waals surface area contributed by atoms with Crippen molar-refractivity contribution in [3.05, 3.63) is 26.6 Å². The number of amides is 1. The van der Waals surface area contributed by atoms with Gasteiger partial charge < -0.3 is 9.88 Å². The first-order chi connectivity index (χ1) is 11.6. The minimum Gasteiger partial charge on any atom is -0.343 e. The van der Waals surface area contributed by atoms with Crippen molar-refractivity contribution in [1.29, 1.82) is 0 Å². The summed E-state index contributed by atoms with van der Waals surface area (Å²) in [6.07, 6.45) is 3.76. The summed E-state index contributed by atoms with van der Waals surface area (Å²) in [5.41, 5.74) is 1.21. The molecule has 0 spiro atoms. The van der Waals surface area contributed by atoms with E-state index in [-0.39, 0.29) is 11.5 Å². The first kappa shape index (κ1) is 17.5. The van der Waals surface area contributed by atoms with E-state index in [9.17, 15) is 9.59 Å². The molecule has 0 saturated heterocycles. The predicted octanol–water partition coefficient (Wildman–Crippen LogP) is 2.97. The lowest BCUT2D eigenvalue weighted by Gasteiger charge is -2.18. The zero-order valence-corrected chi connectivity index (χ0v) is 15.8. The maximum atomic E-state index is 12.4. The van der Waals surface area contributed by atoms with Crippen molar-refractivity contribution in [3.8, 4) is 0 Å². The molecule has 2 aromatic rings. The molecule has 0 atom stereocenters. The highest BCUT2D eigenvalue weighted by Crippen LogP contribution is 2.34. The Hall–Kier alpha value is -1.34. The van der Waals surface area contributed by atoms with Gasteiger partial charge in [0.15, 0.2) is 0 Å². The van der Waals surface area contributed by atoms with Gasteiger partial charge in [-0.25, -0.2) is 4.98 Å². The highest BCUT2D eigenvalue weighted by atomic mass is 32.2. The normalized spacial score (nSPS) is 13.4. The number of hydrogen-bond donors (Lipinski definition) is 1. The second-order valence-electron chi connectivity index (χ2n) is 5.92. The summed E-state index contributed by atoms with van der Waals surface area (Å²) < 4.78 is 0.